The molecule has 2 aliphatic heterocycles. The number of carbonyl (C=O) groups excluding carboxylic acids is 1. The third-order valence-corrected chi connectivity index (χ3v) is 5.60. The van der Waals surface area contributed by atoms with Gasteiger partial charge in [0.2, 0.25) is 0 Å². The van der Waals surface area contributed by atoms with Crippen molar-refractivity contribution in [3.8, 4) is 5.75 Å². The summed E-state index contributed by atoms with van der Waals surface area (Å²) in [6.45, 7) is 7.07. The van der Waals surface area contributed by atoms with Crippen molar-refractivity contribution >= 4 is 11.9 Å². The van der Waals surface area contributed by atoms with Gasteiger partial charge >= 0.3 is 12.4 Å². The zero-order valence-corrected chi connectivity index (χ0v) is 18.1. The molecule has 0 spiro atoms. The Labute approximate surface area is 185 Å². The summed E-state index contributed by atoms with van der Waals surface area (Å²) in [6, 6.07) is 5.53. The van der Waals surface area contributed by atoms with Gasteiger partial charge in [-0.1, -0.05) is 18.7 Å². The summed E-state index contributed by atoms with van der Waals surface area (Å²) in [5.74, 6) is -0.193. The third kappa shape index (κ3) is 6.15. The number of aliphatic imine (C=N–C) groups is 1. The summed E-state index contributed by atoms with van der Waals surface area (Å²) in [6.07, 6.45) is -4.15. The Bertz CT molecular complexity index is 857. The van der Waals surface area contributed by atoms with Crippen molar-refractivity contribution in [2.45, 2.75) is 38.1 Å². The molecule has 2 amide bonds. The summed E-state index contributed by atoms with van der Waals surface area (Å²) in [5.41, 5.74) is 1.35. The number of aliphatic hydroxyl groups is 1. The van der Waals surface area contributed by atoms with Crippen LogP contribution in [0.5, 0.6) is 5.75 Å². The van der Waals surface area contributed by atoms with Crippen LogP contribution >= 0.6 is 0 Å². The third-order valence-electron chi connectivity index (χ3n) is 5.60. The van der Waals surface area contributed by atoms with Crippen molar-refractivity contribution in [1.29, 1.82) is 0 Å². The monoisotopic (exact) mass is 455 g/mol. The first-order valence-electron chi connectivity index (χ1n) is 10.4. The van der Waals surface area contributed by atoms with Gasteiger partial charge in [-0.25, -0.2) is 9.79 Å². The lowest BCUT2D eigenvalue weighted by atomic mass is 9.84. The van der Waals surface area contributed by atoms with Crippen LogP contribution in [0.4, 0.5) is 18.0 Å². The van der Waals surface area contributed by atoms with Crippen molar-refractivity contribution in [2.75, 3.05) is 33.3 Å². The molecule has 2 aliphatic rings. The zero-order chi connectivity index (χ0) is 23.5. The second-order valence-corrected chi connectivity index (χ2v) is 8.21. The van der Waals surface area contributed by atoms with Gasteiger partial charge in [0.15, 0.2) is 5.90 Å². The predicted molar refractivity (Wildman–Crippen MR) is 112 cm³/mol. The number of amides is 2. The Morgan fingerprint density at radius 1 is 1.19 bits per heavy atom. The predicted octanol–water partition coefficient (Wildman–Crippen LogP) is 3.76. The Kier molecular flexibility index (Phi) is 7.33. The Morgan fingerprint density at radius 3 is 2.41 bits per heavy atom. The van der Waals surface area contributed by atoms with Gasteiger partial charge in [-0.05, 0) is 37.5 Å². The van der Waals surface area contributed by atoms with Crippen LogP contribution < -0.4 is 4.74 Å². The van der Waals surface area contributed by atoms with E-state index >= 15 is 0 Å². The number of urea groups is 1. The largest absolute Gasteiger partial charge is 0.573 e. The van der Waals surface area contributed by atoms with Crippen molar-refractivity contribution in [3.05, 3.63) is 42.1 Å². The van der Waals surface area contributed by atoms with Gasteiger partial charge in [0.05, 0.1) is 19.1 Å². The maximum absolute atomic E-state index is 13.1. The Balaban J connectivity index is 1.84. The molecule has 32 heavy (non-hydrogen) atoms. The van der Waals surface area contributed by atoms with Gasteiger partial charge in [0.1, 0.15) is 5.75 Å². The maximum atomic E-state index is 13.1. The van der Waals surface area contributed by atoms with E-state index in [1.54, 1.807) is 28.9 Å². The highest BCUT2D eigenvalue weighted by Crippen LogP contribution is 2.34. The highest BCUT2D eigenvalue weighted by molar-refractivity contribution is 5.82. The molecule has 0 aromatic heterocycles. The van der Waals surface area contributed by atoms with Crippen LogP contribution in [0.1, 0.15) is 31.2 Å². The maximum Gasteiger partial charge on any atom is 0.573 e. The number of β-amino-alcohol motifs (C(OH)–C–C–N with tert-alkyl or cyclic N) is 1. The summed E-state index contributed by atoms with van der Waals surface area (Å²) < 4.78 is 46.9. The standard InChI is InChI=1S/C22H28F3N3O4/c1-14(2)26-20(31-3)17-10-16(15-4-6-19(7-5-15)32-22(23,24)25)11-28(12-17)21(30)27-9-8-18(29)13-27/h4-7,16-18,29H,1,8-13H2,2-3H3. The minimum absolute atomic E-state index is 0.143. The highest BCUT2D eigenvalue weighted by atomic mass is 19.4. The number of hydrogen-bond donors (Lipinski definition) is 1. The quantitative estimate of drug-likeness (QED) is 0.554. The molecule has 0 aliphatic carbocycles. The van der Waals surface area contributed by atoms with Crippen LogP contribution in [0.25, 0.3) is 0 Å². The molecule has 3 rings (SSSR count). The first-order chi connectivity index (χ1) is 15.1. The van der Waals surface area contributed by atoms with Crippen molar-refractivity contribution < 1.29 is 32.5 Å². The lowest BCUT2D eigenvalue weighted by Crippen LogP contribution is -2.50. The SMILES string of the molecule is C=C(C)N=C(OC)C1CC(c2ccc(OC(F)(F)F)cc2)CN(C(=O)N2CCC(O)C2)C1. The van der Waals surface area contributed by atoms with Crippen molar-refractivity contribution in [1.82, 2.24) is 9.80 Å². The number of nitrogens with zero attached hydrogens (tertiary/aromatic N) is 3. The molecule has 2 saturated heterocycles. The van der Waals surface area contributed by atoms with E-state index in [0.29, 0.717) is 44.1 Å². The van der Waals surface area contributed by atoms with Crippen LogP contribution in [0.15, 0.2) is 41.5 Å². The van der Waals surface area contributed by atoms with Crippen LogP contribution in [0, 0.1) is 5.92 Å². The molecule has 1 aromatic rings. The molecule has 1 N–H and O–H groups in total. The molecule has 0 saturated carbocycles. The van der Waals surface area contributed by atoms with E-state index in [1.165, 1.54) is 19.2 Å². The average molecular weight is 455 g/mol. The Morgan fingerprint density at radius 2 is 1.88 bits per heavy atom. The minimum Gasteiger partial charge on any atom is -0.484 e. The first kappa shape index (κ1) is 23.9. The number of ether oxygens (including phenoxy) is 2. The highest BCUT2D eigenvalue weighted by Gasteiger charge is 2.37. The number of piperidine rings is 1. The number of allylic oxidation sites excluding steroid dienone is 1. The second-order valence-electron chi connectivity index (χ2n) is 8.21. The number of halogens is 3. The zero-order valence-electron chi connectivity index (χ0n) is 18.1. The fourth-order valence-electron chi connectivity index (χ4n) is 4.22. The van der Waals surface area contributed by atoms with Crippen LogP contribution in [0.3, 0.4) is 0 Å². The van der Waals surface area contributed by atoms with E-state index in [4.69, 9.17) is 4.74 Å². The van der Waals surface area contributed by atoms with E-state index in [2.05, 4.69) is 16.3 Å². The van der Waals surface area contributed by atoms with Crippen LogP contribution in [0.2, 0.25) is 0 Å². The number of carbonyl (C=O) groups is 1. The molecule has 2 heterocycles. The minimum atomic E-state index is -4.76. The Hall–Kier alpha value is -2.75. The fraction of sp³-hybridized carbons (Fsp3) is 0.545. The topological polar surface area (TPSA) is 74.6 Å². The summed E-state index contributed by atoms with van der Waals surface area (Å²) in [7, 11) is 1.51. The lowest BCUT2D eigenvalue weighted by molar-refractivity contribution is -0.274. The first-order valence-corrected chi connectivity index (χ1v) is 10.4. The molecule has 3 atom stereocenters. The van der Waals surface area contributed by atoms with E-state index in [-0.39, 0.29) is 30.2 Å². The van der Waals surface area contributed by atoms with Crippen LogP contribution in [-0.2, 0) is 4.74 Å². The molecule has 3 unspecified atom stereocenters. The van der Waals surface area contributed by atoms with Gasteiger partial charge in [-0.3, -0.25) is 0 Å². The molecule has 7 nitrogen and oxygen atoms in total. The molecular formula is C22H28F3N3O4. The number of hydrogen-bond acceptors (Lipinski definition) is 5. The number of benzene rings is 1. The molecule has 1 aromatic carbocycles. The van der Waals surface area contributed by atoms with Crippen molar-refractivity contribution in [2.24, 2.45) is 10.9 Å². The average Bonchev–Trinajstić information content (AvgIpc) is 3.16. The molecular weight excluding hydrogens is 427 g/mol. The number of alkyl halides is 3. The van der Waals surface area contributed by atoms with E-state index in [9.17, 15) is 23.1 Å². The van der Waals surface area contributed by atoms with Crippen LogP contribution in [-0.4, -0.2) is 72.6 Å². The fourth-order valence-corrected chi connectivity index (χ4v) is 4.22. The second kappa shape index (κ2) is 9.81. The number of aliphatic hydroxyl groups excluding tert-OH is 1. The van der Waals surface area contributed by atoms with Gasteiger partial charge in [0, 0.05) is 37.8 Å². The number of likely N-dealkylation sites (tertiary alicyclic amines) is 2. The summed E-state index contributed by atoms with van der Waals surface area (Å²) >= 11 is 0. The van der Waals surface area contributed by atoms with Gasteiger partial charge in [0.25, 0.3) is 0 Å². The smallest absolute Gasteiger partial charge is 0.484 e. The normalized spacial score (nSPS) is 24.4. The van der Waals surface area contributed by atoms with E-state index in [0.717, 1.165) is 5.56 Å². The van der Waals surface area contributed by atoms with E-state index < -0.39 is 12.5 Å². The van der Waals surface area contributed by atoms with Gasteiger partial charge in [-0.15, -0.1) is 13.2 Å². The van der Waals surface area contributed by atoms with Gasteiger partial charge < -0.3 is 24.4 Å². The van der Waals surface area contributed by atoms with Crippen molar-refractivity contribution in [3.63, 3.8) is 0 Å². The number of methoxy groups -OCH3 is 1. The summed E-state index contributed by atoms with van der Waals surface area (Å²) in [5, 5.41) is 9.81. The molecule has 10 heteroatoms. The number of rotatable bonds is 4. The van der Waals surface area contributed by atoms with E-state index in [1.807, 2.05) is 0 Å². The lowest BCUT2D eigenvalue weighted by Gasteiger charge is -2.39. The summed E-state index contributed by atoms with van der Waals surface area (Å²) in [4.78, 5) is 20.8. The molecule has 176 valence electrons. The molecule has 0 bridgehead atoms. The molecule has 0 radical (unpaired) electrons. The van der Waals surface area contributed by atoms with Gasteiger partial charge in [-0.2, -0.15) is 0 Å². The molecule has 2 fully saturated rings.